The van der Waals surface area contributed by atoms with Crippen molar-refractivity contribution in [2.45, 2.75) is 13.0 Å². The van der Waals surface area contributed by atoms with E-state index in [0.717, 1.165) is 23.3 Å². The lowest BCUT2D eigenvalue weighted by molar-refractivity contribution is -0.0164. The predicted molar refractivity (Wildman–Crippen MR) is 50.6 cm³/mol. The molecule has 0 aromatic heterocycles. The molecule has 1 heterocycles. The fraction of sp³-hybridized carbons (Fsp3) is 0.400. The zero-order valence-corrected chi connectivity index (χ0v) is 7.86. The van der Waals surface area contributed by atoms with Gasteiger partial charge in [-0.05, 0) is 18.1 Å². The highest BCUT2D eigenvalue weighted by Gasteiger charge is 2.10. The first-order valence-corrected chi connectivity index (χ1v) is 4.54. The summed E-state index contributed by atoms with van der Waals surface area (Å²) in [5, 5.41) is 0. The molecule has 4 nitrogen and oxygen atoms in total. The van der Waals surface area contributed by atoms with Crippen LogP contribution in [0.2, 0.25) is 0 Å². The Balaban J connectivity index is 2.12. The number of nitrogens with two attached hydrogens (primary N) is 1. The van der Waals surface area contributed by atoms with Crippen LogP contribution < -0.4 is 10.6 Å². The third-order valence-electron chi connectivity index (χ3n) is 2.20. The molecule has 1 aliphatic heterocycles. The van der Waals surface area contributed by atoms with E-state index in [1.165, 1.54) is 0 Å². The number of fused-ring (bicyclic) bond motifs is 1. The van der Waals surface area contributed by atoms with Gasteiger partial charge in [0.2, 0.25) is 0 Å². The zero-order valence-electron chi connectivity index (χ0n) is 7.86. The summed E-state index contributed by atoms with van der Waals surface area (Å²) in [4.78, 5) is 4.52. The van der Waals surface area contributed by atoms with Crippen LogP contribution in [0.4, 0.5) is 0 Å². The molecule has 0 atom stereocenters. The van der Waals surface area contributed by atoms with Crippen molar-refractivity contribution in [3.05, 3.63) is 29.3 Å². The Bertz CT molecular complexity index is 314. The van der Waals surface area contributed by atoms with Crippen LogP contribution in [0.15, 0.2) is 18.2 Å². The molecule has 0 amide bonds. The normalized spacial score (nSPS) is 14.6. The molecule has 2 rings (SSSR count). The molecule has 0 fully saturated rings. The summed E-state index contributed by atoms with van der Waals surface area (Å²) in [6.07, 6.45) is 0.800. The maximum Gasteiger partial charge on any atom is 0.189 e. The summed E-state index contributed by atoms with van der Waals surface area (Å²) in [5.74, 6) is 5.87. The van der Waals surface area contributed by atoms with E-state index in [1.54, 1.807) is 0 Å². The Labute approximate surface area is 82.5 Å². The molecule has 0 bridgehead atoms. The van der Waals surface area contributed by atoms with Crippen LogP contribution in [0, 0.1) is 0 Å². The van der Waals surface area contributed by atoms with Crippen molar-refractivity contribution in [2.75, 3.05) is 13.4 Å². The molecule has 1 aromatic carbocycles. The van der Waals surface area contributed by atoms with E-state index in [2.05, 4.69) is 4.84 Å². The van der Waals surface area contributed by atoms with Gasteiger partial charge in [0.1, 0.15) is 5.75 Å². The van der Waals surface area contributed by atoms with E-state index in [-0.39, 0.29) is 0 Å². The molecule has 2 N–H and O–H groups in total. The van der Waals surface area contributed by atoms with E-state index >= 15 is 0 Å². The largest absolute Gasteiger partial charge is 0.467 e. The lowest BCUT2D eigenvalue weighted by atomic mass is 10.1. The van der Waals surface area contributed by atoms with Crippen molar-refractivity contribution < 1.29 is 14.3 Å². The van der Waals surface area contributed by atoms with E-state index in [4.69, 9.17) is 15.4 Å². The first kappa shape index (κ1) is 9.45. The summed E-state index contributed by atoms with van der Waals surface area (Å²) in [6.45, 7) is 1.49. The molecule has 76 valence electrons. The molecule has 1 aromatic rings. The van der Waals surface area contributed by atoms with Gasteiger partial charge in [0.15, 0.2) is 6.79 Å². The lowest BCUT2D eigenvalue weighted by Crippen LogP contribution is -2.11. The number of benzene rings is 1. The molecule has 4 heteroatoms. The molecular weight excluding hydrogens is 182 g/mol. The van der Waals surface area contributed by atoms with Crippen molar-refractivity contribution in [3.63, 3.8) is 0 Å². The van der Waals surface area contributed by atoms with Gasteiger partial charge in [-0.25, -0.2) is 5.90 Å². The van der Waals surface area contributed by atoms with Gasteiger partial charge in [-0.15, -0.1) is 0 Å². The van der Waals surface area contributed by atoms with Gasteiger partial charge in [-0.1, -0.05) is 12.1 Å². The maximum absolute atomic E-state index is 5.35. The van der Waals surface area contributed by atoms with E-state index in [9.17, 15) is 0 Å². The highest BCUT2D eigenvalue weighted by molar-refractivity contribution is 5.37. The number of rotatable bonds is 3. The second-order valence-electron chi connectivity index (χ2n) is 3.17. The highest BCUT2D eigenvalue weighted by Crippen LogP contribution is 2.24. The van der Waals surface area contributed by atoms with Crippen molar-refractivity contribution in [1.82, 2.24) is 0 Å². The monoisotopic (exact) mass is 195 g/mol. The predicted octanol–water partition coefficient (Wildman–Crippen LogP) is 0.986. The summed E-state index contributed by atoms with van der Waals surface area (Å²) in [5.41, 5.74) is 2.25. The van der Waals surface area contributed by atoms with Gasteiger partial charge in [0.25, 0.3) is 0 Å². The number of hydrogen-bond acceptors (Lipinski definition) is 4. The van der Waals surface area contributed by atoms with Crippen molar-refractivity contribution in [3.8, 4) is 5.75 Å². The van der Waals surface area contributed by atoms with Gasteiger partial charge in [0, 0.05) is 5.56 Å². The van der Waals surface area contributed by atoms with Gasteiger partial charge in [0.05, 0.1) is 13.2 Å². The van der Waals surface area contributed by atoms with Crippen LogP contribution in [0.3, 0.4) is 0 Å². The SMILES string of the molecule is NOCCc1ccc2c(c1)OCOC2. The average molecular weight is 195 g/mol. The van der Waals surface area contributed by atoms with E-state index in [1.807, 2.05) is 18.2 Å². The van der Waals surface area contributed by atoms with Crippen LogP contribution in [-0.2, 0) is 22.6 Å². The van der Waals surface area contributed by atoms with Crippen LogP contribution in [-0.4, -0.2) is 13.4 Å². The quantitative estimate of drug-likeness (QED) is 0.730. The maximum atomic E-state index is 5.35. The van der Waals surface area contributed by atoms with E-state index in [0.29, 0.717) is 20.0 Å². The minimum atomic E-state index is 0.337. The molecular formula is C10H13NO3. The minimum absolute atomic E-state index is 0.337. The van der Waals surface area contributed by atoms with Gasteiger partial charge in [-0.3, -0.25) is 0 Å². The van der Waals surface area contributed by atoms with Crippen LogP contribution in [0.5, 0.6) is 5.75 Å². The van der Waals surface area contributed by atoms with Crippen molar-refractivity contribution >= 4 is 0 Å². The summed E-state index contributed by atoms with van der Waals surface area (Å²) >= 11 is 0. The fourth-order valence-corrected chi connectivity index (χ4v) is 1.44. The first-order valence-electron chi connectivity index (χ1n) is 4.54. The van der Waals surface area contributed by atoms with E-state index < -0.39 is 0 Å². The topological polar surface area (TPSA) is 53.7 Å². The summed E-state index contributed by atoms with van der Waals surface area (Å²) in [6, 6.07) is 6.06. The highest BCUT2D eigenvalue weighted by atomic mass is 16.7. The Kier molecular flexibility index (Phi) is 2.98. The molecule has 14 heavy (non-hydrogen) atoms. The van der Waals surface area contributed by atoms with Crippen LogP contribution >= 0.6 is 0 Å². The molecule has 1 aliphatic rings. The molecule has 0 saturated heterocycles. The van der Waals surface area contributed by atoms with Crippen LogP contribution in [0.25, 0.3) is 0 Å². The van der Waals surface area contributed by atoms with Gasteiger partial charge >= 0.3 is 0 Å². The smallest absolute Gasteiger partial charge is 0.189 e. The Morgan fingerprint density at radius 2 is 2.36 bits per heavy atom. The summed E-state index contributed by atoms with van der Waals surface area (Å²) in [7, 11) is 0. The third kappa shape index (κ3) is 2.04. The molecule has 0 saturated carbocycles. The Morgan fingerprint density at radius 1 is 1.43 bits per heavy atom. The van der Waals surface area contributed by atoms with Gasteiger partial charge < -0.3 is 14.3 Å². The third-order valence-corrected chi connectivity index (χ3v) is 2.20. The lowest BCUT2D eigenvalue weighted by Gasteiger charge is -2.18. The van der Waals surface area contributed by atoms with Crippen LogP contribution in [0.1, 0.15) is 11.1 Å². The number of hydrogen-bond donors (Lipinski definition) is 1. The first-order chi connectivity index (χ1) is 6.90. The minimum Gasteiger partial charge on any atom is -0.467 e. The van der Waals surface area contributed by atoms with Crippen molar-refractivity contribution in [2.24, 2.45) is 5.90 Å². The summed E-state index contributed by atoms with van der Waals surface area (Å²) < 4.78 is 10.5. The fourth-order valence-electron chi connectivity index (χ4n) is 1.44. The molecule has 0 radical (unpaired) electrons. The second kappa shape index (κ2) is 4.41. The average Bonchev–Trinajstić information content (AvgIpc) is 2.26. The molecule has 0 unspecified atom stereocenters. The second-order valence-corrected chi connectivity index (χ2v) is 3.17. The zero-order chi connectivity index (χ0) is 9.80. The Hall–Kier alpha value is -1.10. The Morgan fingerprint density at radius 3 is 3.21 bits per heavy atom. The standard InChI is InChI=1S/C10H13NO3/c11-14-4-3-8-1-2-9-6-12-7-13-10(9)5-8/h1-2,5H,3-4,6-7,11H2. The molecule has 0 aliphatic carbocycles. The van der Waals surface area contributed by atoms with Gasteiger partial charge in [-0.2, -0.15) is 0 Å². The number of ether oxygens (including phenoxy) is 2. The van der Waals surface area contributed by atoms with Crippen molar-refractivity contribution in [1.29, 1.82) is 0 Å². The molecule has 0 spiro atoms.